The molecule has 1 aromatic rings. The second kappa shape index (κ2) is 8.97. The highest BCUT2D eigenvalue weighted by molar-refractivity contribution is 5.92. The summed E-state index contributed by atoms with van der Waals surface area (Å²) in [6, 6.07) is 5.99. The molecule has 0 aliphatic rings. The van der Waals surface area contributed by atoms with Gasteiger partial charge < -0.3 is 20.5 Å². The molecule has 0 radical (unpaired) electrons. The number of aliphatic carboxylic acids is 1. The van der Waals surface area contributed by atoms with Gasteiger partial charge in [0.1, 0.15) is 6.04 Å². The van der Waals surface area contributed by atoms with Crippen LogP contribution in [0.5, 0.6) is 0 Å². The topological polar surface area (TPSA) is 87.7 Å². The van der Waals surface area contributed by atoms with E-state index in [1.165, 1.54) is 7.11 Å². The van der Waals surface area contributed by atoms with Crippen LogP contribution in [0.3, 0.4) is 0 Å². The van der Waals surface area contributed by atoms with Gasteiger partial charge in [-0.1, -0.05) is 31.5 Å². The number of hydrogen-bond acceptors (Lipinski definition) is 3. The third kappa shape index (κ3) is 5.83. The number of anilines is 1. The summed E-state index contributed by atoms with van der Waals surface area (Å²) in [5.41, 5.74) is 1.73. The molecule has 0 aliphatic heterocycles. The number of urea groups is 1. The van der Waals surface area contributed by atoms with Gasteiger partial charge in [0, 0.05) is 25.8 Å². The van der Waals surface area contributed by atoms with Crippen molar-refractivity contribution >= 4 is 17.7 Å². The Morgan fingerprint density at radius 2 is 2.05 bits per heavy atom. The number of carbonyl (C=O) groups excluding carboxylic acids is 1. The van der Waals surface area contributed by atoms with Gasteiger partial charge in [0.05, 0.1) is 0 Å². The summed E-state index contributed by atoms with van der Waals surface area (Å²) >= 11 is 0. The maximum absolute atomic E-state index is 11.9. The van der Waals surface area contributed by atoms with Crippen LogP contribution in [0.1, 0.15) is 25.3 Å². The van der Waals surface area contributed by atoms with E-state index in [2.05, 4.69) is 17.6 Å². The average molecular weight is 294 g/mol. The van der Waals surface area contributed by atoms with Crippen LogP contribution in [0, 0.1) is 0 Å². The van der Waals surface area contributed by atoms with Crippen molar-refractivity contribution in [2.45, 2.75) is 32.2 Å². The smallest absolute Gasteiger partial charge is 0.326 e. The van der Waals surface area contributed by atoms with E-state index < -0.39 is 18.0 Å². The Morgan fingerprint density at radius 1 is 1.33 bits per heavy atom. The molecule has 0 spiro atoms. The molecule has 6 nitrogen and oxygen atoms in total. The van der Waals surface area contributed by atoms with Crippen molar-refractivity contribution in [2.75, 3.05) is 19.0 Å². The van der Waals surface area contributed by atoms with Crippen molar-refractivity contribution in [1.82, 2.24) is 5.32 Å². The molecule has 3 N–H and O–H groups in total. The van der Waals surface area contributed by atoms with E-state index in [0.29, 0.717) is 5.69 Å². The Morgan fingerprint density at radius 3 is 2.67 bits per heavy atom. The predicted molar refractivity (Wildman–Crippen MR) is 80.5 cm³/mol. The Bertz CT molecular complexity index is 476. The second-order valence-corrected chi connectivity index (χ2v) is 4.68. The molecule has 6 heteroatoms. The van der Waals surface area contributed by atoms with Crippen molar-refractivity contribution in [3.8, 4) is 0 Å². The Hall–Kier alpha value is -2.08. The second-order valence-electron chi connectivity index (χ2n) is 4.68. The summed E-state index contributed by atoms with van der Waals surface area (Å²) in [4.78, 5) is 23.0. The molecule has 0 fully saturated rings. The average Bonchev–Trinajstić information content (AvgIpc) is 2.45. The molecule has 0 saturated carbocycles. The first kappa shape index (κ1) is 17.0. The molecule has 0 saturated heterocycles. The van der Waals surface area contributed by atoms with Gasteiger partial charge in [-0.05, 0) is 18.1 Å². The van der Waals surface area contributed by atoms with Crippen LogP contribution in [0.4, 0.5) is 10.5 Å². The molecule has 116 valence electrons. The summed E-state index contributed by atoms with van der Waals surface area (Å²) < 4.78 is 4.84. The molecule has 2 amide bonds. The first-order valence-corrected chi connectivity index (χ1v) is 6.95. The fourth-order valence-electron chi connectivity index (χ4n) is 1.94. The Balaban J connectivity index is 2.65. The van der Waals surface area contributed by atoms with E-state index in [9.17, 15) is 9.59 Å². The fourth-order valence-corrected chi connectivity index (χ4v) is 1.94. The zero-order valence-corrected chi connectivity index (χ0v) is 12.4. The number of para-hydroxylation sites is 1. The van der Waals surface area contributed by atoms with Gasteiger partial charge in [-0.25, -0.2) is 9.59 Å². The molecule has 0 aromatic heterocycles. The largest absolute Gasteiger partial charge is 0.480 e. The summed E-state index contributed by atoms with van der Waals surface area (Å²) in [6.45, 7) is 2.33. The van der Waals surface area contributed by atoms with Crippen LogP contribution in [0.25, 0.3) is 0 Å². The van der Waals surface area contributed by atoms with Gasteiger partial charge >= 0.3 is 12.0 Å². The van der Waals surface area contributed by atoms with Gasteiger partial charge in [-0.3, -0.25) is 0 Å². The van der Waals surface area contributed by atoms with Crippen LogP contribution in [-0.2, 0) is 16.0 Å². The van der Waals surface area contributed by atoms with Crippen molar-refractivity contribution in [1.29, 1.82) is 0 Å². The number of benzene rings is 1. The van der Waals surface area contributed by atoms with Crippen LogP contribution in [0.15, 0.2) is 24.3 Å². The number of carboxylic acid groups (broad SMARTS) is 1. The van der Waals surface area contributed by atoms with Crippen molar-refractivity contribution in [2.24, 2.45) is 0 Å². The lowest BCUT2D eigenvalue weighted by Crippen LogP contribution is -2.43. The van der Waals surface area contributed by atoms with Crippen LogP contribution >= 0.6 is 0 Å². The summed E-state index contributed by atoms with van der Waals surface area (Å²) in [7, 11) is 1.49. The highest BCUT2D eigenvalue weighted by Gasteiger charge is 2.19. The number of rotatable bonds is 8. The Kier molecular flexibility index (Phi) is 7.25. The summed E-state index contributed by atoms with van der Waals surface area (Å²) in [6.07, 6.45) is 2.03. The number of hydrogen-bond donors (Lipinski definition) is 3. The maximum atomic E-state index is 11.9. The molecular formula is C15H22N2O4. The lowest BCUT2D eigenvalue weighted by Gasteiger charge is -2.16. The number of nitrogens with one attached hydrogen (secondary N) is 2. The van der Waals surface area contributed by atoms with E-state index in [-0.39, 0.29) is 13.0 Å². The molecule has 1 atom stereocenters. The zero-order chi connectivity index (χ0) is 15.7. The SMILES string of the molecule is CCCc1ccccc1NC(=O)NC(CCOC)C(=O)O. The van der Waals surface area contributed by atoms with Crippen molar-refractivity contribution < 1.29 is 19.4 Å². The van der Waals surface area contributed by atoms with Crippen molar-refractivity contribution in [3.63, 3.8) is 0 Å². The number of methoxy groups -OCH3 is 1. The monoisotopic (exact) mass is 294 g/mol. The summed E-state index contributed by atoms with van der Waals surface area (Å²) in [5, 5.41) is 14.2. The van der Waals surface area contributed by atoms with E-state index in [4.69, 9.17) is 9.84 Å². The summed E-state index contributed by atoms with van der Waals surface area (Å²) in [5.74, 6) is -1.08. The quantitative estimate of drug-likeness (QED) is 0.686. The van der Waals surface area contributed by atoms with E-state index in [1.54, 1.807) is 6.07 Å². The van der Waals surface area contributed by atoms with Gasteiger partial charge in [0.15, 0.2) is 0 Å². The minimum Gasteiger partial charge on any atom is -0.480 e. The van der Waals surface area contributed by atoms with Crippen LogP contribution in [0.2, 0.25) is 0 Å². The first-order valence-electron chi connectivity index (χ1n) is 6.95. The third-order valence-electron chi connectivity index (χ3n) is 3.00. The molecule has 1 unspecified atom stereocenters. The van der Waals surface area contributed by atoms with E-state index in [1.807, 2.05) is 18.2 Å². The molecular weight excluding hydrogens is 272 g/mol. The molecule has 1 aromatic carbocycles. The minimum atomic E-state index is -1.08. The number of carbonyl (C=O) groups is 2. The highest BCUT2D eigenvalue weighted by Crippen LogP contribution is 2.16. The van der Waals surface area contributed by atoms with Crippen molar-refractivity contribution in [3.05, 3.63) is 29.8 Å². The van der Waals surface area contributed by atoms with E-state index >= 15 is 0 Å². The fraction of sp³-hybridized carbons (Fsp3) is 0.467. The molecule has 0 heterocycles. The number of carboxylic acids is 1. The molecule has 0 bridgehead atoms. The molecule has 0 aliphatic carbocycles. The zero-order valence-electron chi connectivity index (χ0n) is 12.4. The van der Waals surface area contributed by atoms with Crippen LogP contribution < -0.4 is 10.6 Å². The third-order valence-corrected chi connectivity index (χ3v) is 3.00. The van der Waals surface area contributed by atoms with Crippen LogP contribution in [-0.4, -0.2) is 36.9 Å². The number of aryl methyl sites for hydroxylation is 1. The maximum Gasteiger partial charge on any atom is 0.326 e. The number of ether oxygens (including phenoxy) is 1. The standard InChI is InChI=1S/C15H22N2O4/c1-3-6-11-7-4-5-8-12(11)16-15(20)17-13(14(18)19)9-10-21-2/h4-5,7-8,13H,3,6,9-10H2,1-2H3,(H,18,19)(H2,16,17,20). The van der Waals surface area contributed by atoms with Gasteiger partial charge in [-0.2, -0.15) is 0 Å². The van der Waals surface area contributed by atoms with Gasteiger partial charge in [-0.15, -0.1) is 0 Å². The van der Waals surface area contributed by atoms with Gasteiger partial charge in [0.2, 0.25) is 0 Å². The molecule has 1 rings (SSSR count). The minimum absolute atomic E-state index is 0.218. The first-order chi connectivity index (χ1) is 10.1. The molecule has 21 heavy (non-hydrogen) atoms. The lowest BCUT2D eigenvalue weighted by molar-refractivity contribution is -0.139. The lowest BCUT2D eigenvalue weighted by atomic mass is 10.1. The van der Waals surface area contributed by atoms with E-state index in [0.717, 1.165) is 18.4 Å². The number of amides is 2. The Labute approximate surface area is 124 Å². The normalized spacial score (nSPS) is 11.7. The highest BCUT2D eigenvalue weighted by atomic mass is 16.5. The van der Waals surface area contributed by atoms with Gasteiger partial charge in [0.25, 0.3) is 0 Å². The predicted octanol–water partition coefficient (Wildman–Crippen LogP) is 2.25.